The predicted molar refractivity (Wildman–Crippen MR) is 97.1 cm³/mol. The SMILES string of the molecule is CS/C(C)=C(\C(=O)CC(C)C)C(=O)Nc1cc([N+](=O)[O-])ccc1C. The highest BCUT2D eigenvalue weighted by Gasteiger charge is 2.23. The Balaban J connectivity index is 3.16. The fourth-order valence-electron chi connectivity index (χ4n) is 2.10. The number of non-ortho nitro benzene ring substituents is 1. The van der Waals surface area contributed by atoms with Crippen molar-refractivity contribution in [1.82, 2.24) is 0 Å². The van der Waals surface area contributed by atoms with Gasteiger partial charge >= 0.3 is 0 Å². The molecule has 1 aromatic carbocycles. The molecule has 0 saturated carbocycles. The Bertz CT molecular complexity index is 696. The van der Waals surface area contributed by atoms with E-state index in [0.717, 1.165) is 0 Å². The van der Waals surface area contributed by atoms with Gasteiger partial charge in [-0.15, -0.1) is 11.8 Å². The minimum Gasteiger partial charge on any atom is -0.321 e. The monoisotopic (exact) mass is 350 g/mol. The largest absolute Gasteiger partial charge is 0.321 e. The molecule has 1 rings (SSSR count). The lowest BCUT2D eigenvalue weighted by Crippen LogP contribution is -2.23. The third-order valence-corrected chi connectivity index (χ3v) is 4.25. The van der Waals surface area contributed by atoms with Crippen LogP contribution >= 0.6 is 11.8 Å². The van der Waals surface area contributed by atoms with Gasteiger partial charge in [-0.1, -0.05) is 19.9 Å². The Morgan fingerprint density at radius 2 is 1.96 bits per heavy atom. The van der Waals surface area contributed by atoms with Crippen LogP contribution in [-0.4, -0.2) is 22.9 Å². The molecule has 0 unspecified atom stereocenters. The zero-order valence-corrected chi connectivity index (χ0v) is 15.3. The standard InChI is InChI=1S/C17H22N2O4S/c1-10(2)8-15(20)16(12(4)24-5)17(21)18-14-9-13(19(22)23)7-6-11(14)3/h6-7,9-10H,8H2,1-5H3,(H,18,21)/b16-12+. The van der Waals surface area contributed by atoms with Gasteiger partial charge in [-0.3, -0.25) is 19.7 Å². The topological polar surface area (TPSA) is 89.3 Å². The predicted octanol–water partition coefficient (Wildman–Crippen LogP) is 4.09. The molecule has 0 radical (unpaired) electrons. The summed E-state index contributed by atoms with van der Waals surface area (Å²) in [7, 11) is 0. The molecule has 0 aliphatic rings. The summed E-state index contributed by atoms with van der Waals surface area (Å²) in [5.74, 6) is -0.622. The zero-order valence-electron chi connectivity index (χ0n) is 14.5. The molecule has 0 bridgehead atoms. The lowest BCUT2D eigenvalue weighted by Gasteiger charge is -2.13. The number of hydrogen-bond acceptors (Lipinski definition) is 5. The summed E-state index contributed by atoms with van der Waals surface area (Å²) in [4.78, 5) is 36.0. The van der Waals surface area contributed by atoms with Crippen molar-refractivity contribution in [3.63, 3.8) is 0 Å². The summed E-state index contributed by atoms with van der Waals surface area (Å²) in [6.07, 6.45) is 2.07. The number of Topliss-reactive ketones (excluding diaryl/α,β-unsaturated/α-hetero) is 1. The number of ketones is 1. The van der Waals surface area contributed by atoms with Gasteiger partial charge in [0.25, 0.3) is 11.6 Å². The van der Waals surface area contributed by atoms with E-state index in [9.17, 15) is 19.7 Å². The van der Waals surface area contributed by atoms with Crippen molar-refractivity contribution >= 4 is 34.8 Å². The van der Waals surface area contributed by atoms with Gasteiger partial charge in [0.1, 0.15) is 0 Å². The highest BCUT2D eigenvalue weighted by molar-refractivity contribution is 8.02. The summed E-state index contributed by atoms with van der Waals surface area (Å²) >= 11 is 1.33. The van der Waals surface area contributed by atoms with Gasteiger partial charge in [0.05, 0.1) is 16.2 Å². The number of hydrogen-bond donors (Lipinski definition) is 1. The molecule has 0 fully saturated rings. The number of carbonyl (C=O) groups is 2. The first kappa shape index (κ1) is 19.9. The Kier molecular flexibility index (Phi) is 7.16. The van der Waals surface area contributed by atoms with E-state index in [0.29, 0.717) is 16.2 Å². The first-order valence-electron chi connectivity index (χ1n) is 7.51. The van der Waals surface area contributed by atoms with E-state index in [1.54, 1.807) is 26.2 Å². The maximum absolute atomic E-state index is 12.6. The number of nitrogens with zero attached hydrogens (tertiary/aromatic N) is 1. The Morgan fingerprint density at radius 3 is 2.46 bits per heavy atom. The van der Waals surface area contributed by atoms with E-state index in [4.69, 9.17) is 0 Å². The summed E-state index contributed by atoms with van der Waals surface area (Å²) in [6.45, 7) is 7.28. The maximum atomic E-state index is 12.6. The van der Waals surface area contributed by atoms with E-state index < -0.39 is 10.8 Å². The number of amides is 1. The lowest BCUT2D eigenvalue weighted by atomic mass is 10.00. The number of carbonyl (C=O) groups excluding carboxylic acids is 2. The summed E-state index contributed by atoms with van der Waals surface area (Å²) in [6, 6.07) is 4.24. The Hall–Kier alpha value is -2.15. The second-order valence-corrected chi connectivity index (χ2v) is 6.89. The Labute approximate surface area is 145 Å². The smallest absolute Gasteiger partial charge is 0.271 e. The van der Waals surface area contributed by atoms with Crippen LogP contribution in [-0.2, 0) is 9.59 Å². The van der Waals surface area contributed by atoms with Gasteiger partial charge in [0.15, 0.2) is 5.78 Å². The van der Waals surface area contributed by atoms with Gasteiger partial charge in [-0.25, -0.2) is 0 Å². The average Bonchev–Trinajstić information content (AvgIpc) is 2.48. The van der Waals surface area contributed by atoms with Crippen LogP contribution in [0.25, 0.3) is 0 Å². The number of nitro benzene ring substituents is 1. The van der Waals surface area contributed by atoms with Crippen LogP contribution < -0.4 is 5.32 Å². The molecule has 0 atom stereocenters. The van der Waals surface area contributed by atoms with E-state index in [1.165, 1.54) is 23.9 Å². The number of rotatable bonds is 7. The van der Waals surface area contributed by atoms with Crippen LogP contribution in [0, 0.1) is 23.0 Å². The molecule has 0 saturated heterocycles. The molecule has 0 heterocycles. The van der Waals surface area contributed by atoms with Crippen molar-refractivity contribution in [1.29, 1.82) is 0 Å². The summed E-state index contributed by atoms with van der Waals surface area (Å²) in [5, 5.41) is 13.5. The number of allylic oxidation sites excluding steroid dienone is 1. The highest BCUT2D eigenvalue weighted by Crippen LogP contribution is 2.25. The van der Waals surface area contributed by atoms with E-state index in [-0.39, 0.29) is 29.4 Å². The number of nitro groups is 1. The zero-order chi connectivity index (χ0) is 18.4. The quantitative estimate of drug-likeness (QED) is 0.263. The summed E-state index contributed by atoms with van der Waals surface area (Å²) in [5.41, 5.74) is 1.02. The fourth-order valence-corrected chi connectivity index (χ4v) is 2.51. The molecular weight excluding hydrogens is 328 g/mol. The van der Waals surface area contributed by atoms with Crippen LogP contribution in [0.4, 0.5) is 11.4 Å². The molecule has 0 aliphatic heterocycles. The number of nitrogens with one attached hydrogen (secondary N) is 1. The van der Waals surface area contributed by atoms with Crippen LogP contribution in [0.2, 0.25) is 0 Å². The fraction of sp³-hybridized carbons (Fsp3) is 0.412. The van der Waals surface area contributed by atoms with E-state index in [1.807, 2.05) is 13.8 Å². The average molecular weight is 350 g/mol. The van der Waals surface area contributed by atoms with Crippen molar-refractivity contribution in [2.24, 2.45) is 5.92 Å². The van der Waals surface area contributed by atoms with Gasteiger partial charge in [0, 0.05) is 18.6 Å². The molecule has 0 aromatic heterocycles. The van der Waals surface area contributed by atoms with E-state index in [2.05, 4.69) is 5.32 Å². The van der Waals surface area contributed by atoms with Gasteiger partial charge < -0.3 is 5.32 Å². The number of aryl methyl sites for hydroxylation is 1. The minimum atomic E-state index is -0.531. The normalized spacial score (nSPS) is 11.9. The molecule has 130 valence electrons. The molecule has 0 aliphatic carbocycles. The van der Waals surface area contributed by atoms with Crippen LogP contribution in [0.3, 0.4) is 0 Å². The second kappa shape index (κ2) is 8.63. The molecule has 0 spiro atoms. The van der Waals surface area contributed by atoms with Crippen LogP contribution in [0.5, 0.6) is 0 Å². The first-order chi connectivity index (χ1) is 11.2. The van der Waals surface area contributed by atoms with Gasteiger partial charge in [-0.05, 0) is 36.5 Å². The number of benzene rings is 1. The first-order valence-corrected chi connectivity index (χ1v) is 8.74. The molecule has 7 heteroatoms. The number of anilines is 1. The van der Waals surface area contributed by atoms with Crippen LogP contribution in [0.15, 0.2) is 28.7 Å². The molecule has 1 aromatic rings. The third kappa shape index (κ3) is 5.19. The Morgan fingerprint density at radius 1 is 1.33 bits per heavy atom. The van der Waals surface area contributed by atoms with Crippen LogP contribution in [0.1, 0.15) is 32.8 Å². The van der Waals surface area contributed by atoms with Crippen molar-refractivity contribution < 1.29 is 14.5 Å². The summed E-state index contributed by atoms with van der Waals surface area (Å²) < 4.78 is 0. The highest BCUT2D eigenvalue weighted by atomic mass is 32.2. The molecule has 1 N–H and O–H groups in total. The number of thioether (sulfide) groups is 1. The minimum absolute atomic E-state index is 0.113. The van der Waals surface area contributed by atoms with Crippen molar-refractivity contribution in [3.8, 4) is 0 Å². The lowest BCUT2D eigenvalue weighted by molar-refractivity contribution is -0.384. The second-order valence-electron chi connectivity index (χ2n) is 5.87. The molecule has 6 nitrogen and oxygen atoms in total. The third-order valence-electron chi connectivity index (χ3n) is 3.44. The van der Waals surface area contributed by atoms with Crippen molar-refractivity contribution in [3.05, 3.63) is 44.4 Å². The molecular formula is C17H22N2O4S. The molecule has 24 heavy (non-hydrogen) atoms. The van der Waals surface area contributed by atoms with Gasteiger partial charge in [-0.2, -0.15) is 0 Å². The van der Waals surface area contributed by atoms with Crippen molar-refractivity contribution in [2.75, 3.05) is 11.6 Å². The van der Waals surface area contributed by atoms with Crippen molar-refractivity contribution in [2.45, 2.75) is 34.1 Å². The molecule has 1 amide bonds. The maximum Gasteiger partial charge on any atom is 0.271 e. The van der Waals surface area contributed by atoms with E-state index >= 15 is 0 Å². The van der Waals surface area contributed by atoms with Gasteiger partial charge in [0.2, 0.25) is 0 Å².